The van der Waals surface area contributed by atoms with Crippen LogP contribution in [0, 0.1) is 11.3 Å². The van der Waals surface area contributed by atoms with Crippen molar-refractivity contribution < 1.29 is 0 Å². The molecule has 1 heterocycles. The summed E-state index contributed by atoms with van der Waals surface area (Å²) in [6.45, 7) is 5.67. The lowest BCUT2D eigenvalue weighted by atomic mass is 10.2. The van der Waals surface area contributed by atoms with Crippen molar-refractivity contribution in [3.63, 3.8) is 0 Å². The van der Waals surface area contributed by atoms with Crippen LogP contribution in [0.2, 0.25) is 0 Å². The number of rotatable bonds is 6. The quantitative estimate of drug-likeness (QED) is 0.806. The molecular weight excluding hydrogens is 248 g/mol. The van der Waals surface area contributed by atoms with Crippen LogP contribution in [0.3, 0.4) is 0 Å². The molecule has 1 aromatic carbocycles. The molecule has 0 bridgehead atoms. The zero-order valence-electron chi connectivity index (χ0n) is 12.0. The minimum Gasteiger partial charge on any atom is -0.365 e. The summed E-state index contributed by atoms with van der Waals surface area (Å²) < 4.78 is 1.96. The number of nitriles is 1. The van der Waals surface area contributed by atoms with Gasteiger partial charge in [0.15, 0.2) is 0 Å². The number of hydrogen-bond donors (Lipinski definition) is 0. The summed E-state index contributed by atoms with van der Waals surface area (Å²) in [4.78, 5) is 2.19. The Labute approximate surface area is 120 Å². The molecule has 20 heavy (non-hydrogen) atoms. The Balaban J connectivity index is 2.13. The van der Waals surface area contributed by atoms with Gasteiger partial charge >= 0.3 is 0 Å². The van der Waals surface area contributed by atoms with E-state index in [1.165, 1.54) is 0 Å². The number of benzene rings is 1. The topological polar surface area (TPSA) is 44.9 Å². The van der Waals surface area contributed by atoms with Gasteiger partial charge in [0.2, 0.25) is 0 Å². The lowest BCUT2D eigenvalue weighted by molar-refractivity contribution is 0.525. The van der Waals surface area contributed by atoms with Crippen LogP contribution in [-0.4, -0.2) is 16.3 Å². The molecule has 1 aromatic heterocycles. The van der Waals surface area contributed by atoms with Crippen molar-refractivity contribution in [1.29, 1.82) is 5.26 Å². The van der Waals surface area contributed by atoms with E-state index in [1.807, 2.05) is 35.1 Å². The van der Waals surface area contributed by atoms with E-state index in [1.54, 1.807) is 0 Å². The third-order valence-corrected chi connectivity index (χ3v) is 3.16. The largest absolute Gasteiger partial charge is 0.365 e. The third kappa shape index (κ3) is 3.61. The van der Waals surface area contributed by atoms with Gasteiger partial charge in [-0.25, -0.2) is 0 Å². The third-order valence-electron chi connectivity index (χ3n) is 3.16. The van der Waals surface area contributed by atoms with Gasteiger partial charge < -0.3 is 4.90 Å². The fourth-order valence-corrected chi connectivity index (χ4v) is 2.07. The monoisotopic (exact) mass is 268 g/mol. The Morgan fingerprint density at radius 3 is 2.60 bits per heavy atom. The minimum absolute atomic E-state index is 0.369. The summed E-state index contributed by atoms with van der Waals surface area (Å²) in [5.74, 6) is 0. The molecular formula is C16H20N4. The van der Waals surface area contributed by atoms with Crippen molar-refractivity contribution in [2.24, 2.45) is 0 Å². The second-order valence-electron chi connectivity index (χ2n) is 5.05. The molecule has 0 aliphatic carbocycles. The smallest absolute Gasteiger partial charge is 0.0817 e. The molecule has 0 fully saturated rings. The van der Waals surface area contributed by atoms with Gasteiger partial charge in [-0.05, 0) is 32.0 Å². The number of para-hydroxylation sites is 1. The van der Waals surface area contributed by atoms with Crippen molar-refractivity contribution in [1.82, 2.24) is 9.78 Å². The van der Waals surface area contributed by atoms with Crippen molar-refractivity contribution in [3.05, 3.63) is 48.3 Å². The molecule has 0 saturated heterocycles. The standard InChI is InChI=1S/C16H20N4/c1-14(2)20-12-9-15(18-20)13-19(11-6-10-17)16-7-4-3-5-8-16/h3-5,7-9,12,14H,6,11,13H2,1-2H3. The molecule has 0 unspecified atom stereocenters. The molecule has 2 aromatic rings. The Kier molecular flexibility index (Phi) is 4.78. The lowest BCUT2D eigenvalue weighted by Gasteiger charge is -2.22. The molecule has 2 rings (SSSR count). The molecule has 0 saturated carbocycles. The molecule has 0 radical (unpaired) electrons. The molecule has 0 amide bonds. The maximum Gasteiger partial charge on any atom is 0.0817 e. The van der Waals surface area contributed by atoms with E-state index < -0.39 is 0 Å². The van der Waals surface area contributed by atoms with Gasteiger partial charge in [0.05, 0.1) is 24.7 Å². The average Bonchev–Trinajstić information content (AvgIpc) is 2.93. The highest BCUT2D eigenvalue weighted by molar-refractivity contribution is 5.46. The van der Waals surface area contributed by atoms with Crippen molar-refractivity contribution in [2.45, 2.75) is 32.9 Å². The highest BCUT2D eigenvalue weighted by atomic mass is 15.3. The fraction of sp³-hybridized carbons (Fsp3) is 0.375. The molecule has 4 heteroatoms. The van der Waals surface area contributed by atoms with E-state index in [2.05, 4.69) is 42.0 Å². The van der Waals surface area contributed by atoms with Crippen molar-refractivity contribution in [3.8, 4) is 6.07 Å². The summed E-state index contributed by atoms with van der Waals surface area (Å²) in [6.07, 6.45) is 2.52. The first-order chi connectivity index (χ1) is 9.70. The van der Waals surface area contributed by atoms with Crippen LogP contribution >= 0.6 is 0 Å². The highest BCUT2D eigenvalue weighted by Crippen LogP contribution is 2.17. The highest BCUT2D eigenvalue weighted by Gasteiger charge is 2.09. The number of aromatic nitrogens is 2. The Morgan fingerprint density at radius 2 is 2.00 bits per heavy atom. The normalized spacial score (nSPS) is 10.5. The Bertz CT molecular complexity index is 566. The minimum atomic E-state index is 0.369. The second-order valence-corrected chi connectivity index (χ2v) is 5.05. The Morgan fingerprint density at radius 1 is 1.25 bits per heavy atom. The fourth-order valence-electron chi connectivity index (χ4n) is 2.07. The van der Waals surface area contributed by atoms with Crippen molar-refractivity contribution in [2.75, 3.05) is 11.4 Å². The van der Waals surface area contributed by atoms with Crippen LogP contribution in [0.4, 0.5) is 5.69 Å². The van der Waals surface area contributed by atoms with Crippen LogP contribution in [0.5, 0.6) is 0 Å². The van der Waals surface area contributed by atoms with Crippen LogP contribution in [0.25, 0.3) is 0 Å². The van der Waals surface area contributed by atoms with Crippen molar-refractivity contribution >= 4 is 5.69 Å². The molecule has 0 spiro atoms. The summed E-state index contributed by atoms with van der Waals surface area (Å²) in [5, 5.41) is 13.4. The first-order valence-corrected chi connectivity index (χ1v) is 6.91. The molecule has 4 nitrogen and oxygen atoms in total. The molecule has 0 N–H and O–H groups in total. The van der Waals surface area contributed by atoms with E-state index in [4.69, 9.17) is 5.26 Å². The SMILES string of the molecule is CC(C)n1ccc(CN(CCC#N)c2ccccc2)n1. The van der Waals surface area contributed by atoms with Gasteiger partial charge in [-0.2, -0.15) is 10.4 Å². The number of hydrogen-bond acceptors (Lipinski definition) is 3. The van der Waals surface area contributed by atoms with Crippen LogP contribution in [0.15, 0.2) is 42.6 Å². The van der Waals surface area contributed by atoms with Gasteiger partial charge in [-0.15, -0.1) is 0 Å². The van der Waals surface area contributed by atoms with E-state index in [0.717, 1.165) is 24.5 Å². The zero-order valence-corrected chi connectivity index (χ0v) is 12.0. The van der Waals surface area contributed by atoms with E-state index in [-0.39, 0.29) is 0 Å². The first kappa shape index (κ1) is 14.1. The summed E-state index contributed by atoms with van der Waals surface area (Å²) in [7, 11) is 0. The maximum absolute atomic E-state index is 8.81. The summed E-state index contributed by atoms with van der Waals surface area (Å²) >= 11 is 0. The maximum atomic E-state index is 8.81. The molecule has 0 aliphatic heterocycles. The summed E-state index contributed by atoms with van der Waals surface area (Å²) in [5.41, 5.74) is 2.15. The van der Waals surface area contributed by atoms with E-state index in [0.29, 0.717) is 12.5 Å². The van der Waals surface area contributed by atoms with Gasteiger partial charge in [0.25, 0.3) is 0 Å². The van der Waals surface area contributed by atoms with Gasteiger partial charge in [-0.3, -0.25) is 4.68 Å². The molecule has 0 atom stereocenters. The predicted octanol–water partition coefficient (Wildman–Crippen LogP) is 3.38. The molecule has 0 aliphatic rings. The molecule has 104 valence electrons. The average molecular weight is 268 g/mol. The van der Waals surface area contributed by atoms with Crippen LogP contribution in [-0.2, 0) is 6.54 Å². The number of anilines is 1. The van der Waals surface area contributed by atoms with E-state index >= 15 is 0 Å². The van der Waals surface area contributed by atoms with Gasteiger partial charge in [-0.1, -0.05) is 18.2 Å². The van der Waals surface area contributed by atoms with Gasteiger partial charge in [0.1, 0.15) is 0 Å². The lowest BCUT2D eigenvalue weighted by Crippen LogP contribution is -2.24. The van der Waals surface area contributed by atoms with Gasteiger partial charge in [0, 0.05) is 24.5 Å². The van der Waals surface area contributed by atoms with Crippen LogP contribution in [0.1, 0.15) is 32.0 Å². The Hall–Kier alpha value is -2.28. The van der Waals surface area contributed by atoms with Crippen LogP contribution < -0.4 is 4.90 Å². The van der Waals surface area contributed by atoms with E-state index in [9.17, 15) is 0 Å². The predicted molar refractivity (Wildman–Crippen MR) is 80.3 cm³/mol. The number of nitrogens with zero attached hydrogens (tertiary/aromatic N) is 4. The summed E-state index contributed by atoms with van der Waals surface area (Å²) in [6, 6.07) is 14.8. The zero-order chi connectivity index (χ0) is 14.4. The second kappa shape index (κ2) is 6.76. The first-order valence-electron chi connectivity index (χ1n) is 6.91.